The van der Waals surface area contributed by atoms with Gasteiger partial charge in [-0.05, 0) is 151 Å². The molecule has 0 radical (unpaired) electrons. The van der Waals surface area contributed by atoms with Gasteiger partial charge in [-0.15, -0.1) is 48.0 Å². The van der Waals surface area contributed by atoms with Crippen molar-refractivity contribution in [3.05, 3.63) is 317 Å². The smallest absolute Gasteiger partial charge is 0.135 e. The Morgan fingerprint density at radius 3 is 1.82 bits per heavy atom. The van der Waals surface area contributed by atoms with E-state index < -0.39 is 12.3 Å². The van der Waals surface area contributed by atoms with Crippen LogP contribution in [-0.2, 0) is 49.1 Å². The topological polar surface area (TPSA) is 33.5 Å². The molecule has 1 aliphatic heterocycles. The molecule has 0 N–H and O–H groups in total. The molecular formula is C87H73N4OPt-3. The van der Waals surface area contributed by atoms with Crippen LogP contribution in [0.4, 0.5) is 22.7 Å². The number of ether oxygens (including phenoxy) is 1. The van der Waals surface area contributed by atoms with Crippen LogP contribution < -0.4 is 14.5 Å². The zero-order chi connectivity index (χ0) is 68.1. The number of benzene rings is 11. The molecule has 16 rings (SSSR count). The number of anilines is 4. The van der Waals surface area contributed by atoms with Crippen LogP contribution in [0.5, 0.6) is 11.5 Å². The minimum Gasteiger partial charge on any atom is -0.509 e. The third kappa shape index (κ3) is 9.88. The maximum atomic E-state index is 9.76. The van der Waals surface area contributed by atoms with E-state index in [1.54, 1.807) is 18.3 Å². The maximum Gasteiger partial charge on any atom is 0.135 e. The van der Waals surface area contributed by atoms with Crippen molar-refractivity contribution in [2.45, 2.75) is 97.2 Å². The van der Waals surface area contributed by atoms with Crippen LogP contribution in [0.2, 0.25) is 0 Å². The fraction of sp³-hybridized carbons (Fsp3) is 0.172. The van der Waals surface area contributed by atoms with Gasteiger partial charge in [0, 0.05) is 83.5 Å². The quantitative estimate of drug-likeness (QED) is 0.142. The molecule has 0 amide bonds. The molecule has 93 heavy (non-hydrogen) atoms. The molecule has 11 aromatic carbocycles. The summed E-state index contributed by atoms with van der Waals surface area (Å²) < 4.78 is 63.9. The van der Waals surface area contributed by atoms with Crippen molar-refractivity contribution in [1.82, 2.24) is 9.55 Å². The molecule has 5 nitrogen and oxygen atoms in total. The van der Waals surface area contributed by atoms with Gasteiger partial charge in [0.05, 0.1) is 5.41 Å². The van der Waals surface area contributed by atoms with E-state index in [0.29, 0.717) is 16.9 Å². The molecule has 13 aromatic rings. The second kappa shape index (κ2) is 22.4. The van der Waals surface area contributed by atoms with Crippen molar-refractivity contribution in [1.29, 1.82) is 0 Å². The van der Waals surface area contributed by atoms with Gasteiger partial charge in [-0.1, -0.05) is 244 Å². The largest absolute Gasteiger partial charge is 0.509 e. The number of aryl methyl sites for hydroxylation is 1. The molecule has 0 unspecified atom stereocenters. The van der Waals surface area contributed by atoms with E-state index >= 15 is 0 Å². The molecule has 3 heterocycles. The van der Waals surface area contributed by atoms with E-state index in [9.17, 15) is 4.11 Å². The Morgan fingerprint density at radius 1 is 0.495 bits per heavy atom. The zero-order valence-corrected chi connectivity index (χ0v) is 55.9. The molecule has 0 fully saturated rings. The number of hydrogen-bond donors (Lipinski definition) is 0. The summed E-state index contributed by atoms with van der Waals surface area (Å²) in [7, 11) is 0. The second-order valence-electron chi connectivity index (χ2n) is 28.0. The first-order valence-corrected chi connectivity index (χ1v) is 31.9. The Labute approximate surface area is 570 Å². The first-order chi connectivity index (χ1) is 46.9. The first-order valence-electron chi connectivity index (χ1n) is 34.9. The van der Waals surface area contributed by atoms with Crippen LogP contribution in [-0.4, -0.2) is 9.55 Å². The summed E-state index contributed by atoms with van der Waals surface area (Å²) in [4.78, 5) is 9.14. The molecule has 6 heteroatoms. The number of rotatable bonds is 8. The van der Waals surface area contributed by atoms with Crippen molar-refractivity contribution in [2.75, 3.05) is 9.80 Å². The van der Waals surface area contributed by atoms with Gasteiger partial charge in [0.15, 0.2) is 0 Å². The van der Waals surface area contributed by atoms with Crippen LogP contribution >= 0.6 is 0 Å². The van der Waals surface area contributed by atoms with E-state index in [0.717, 1.165) is 73.2 Å². The molecule has 3 aliphatic rings. The Morgan fingerprint density at radius 2 is 1.10 bits per heavy atom. The van der Waals surface area contributed by atoms with Crippen molar-refractivity contribution in [3.8, 4) is 61.8 Å². The van der Waals surface area contributed by atoms with Gasteiger partial charge in [0.25, 0.3) is 0 Å². The van der Waals surface area contributed by atoms with Gasteiger partial charge < -0.3 is 19.1 Å². The minimum absolute atomic E-state index is 0. The Balaban J connectivity index is 0.00000798. The summed E-state index contributed by atoms with van der Waals surface area (Å²) >= 11 is 0. The van der Waals surface area contributed by atoms with Gasteiger partial charge >= 0.3 is 0 Å². The van der Waals surface area contributed by atoms with Crippen molar-refractivity contribution in [3.63, 3.8) is 0 Å². The molecule has 0 saturated carbocycles. The Kier molecular flexibility index (Phi) is 12.7. The first kappa shape index (κ1) is 53.0. The molecule has 0 saturated heterocycles. The fourth-order valence-electron chi connectivity index (χ4n) is 14.6. The zero-order valence-electron chi connectivity index (χ0n) is 59.7. The molecule has 2 aromatic heterocycles. The van der Waals surface area contributed by atoms with Crippen LogP contribution in [0.25, 0.3) is 72.1 Å². The average molecular weight is 1390 g/mol. The Bertz CT molecular complexity index is 5380. The van der Waals surface area contributed by atoms with E-state index in [1.165, 1.54) is 55.6 Å². The molecule has 2 aliphatic carbocycles. The molecule has 0 atom stereocenters. The number of fused-ring (bicyclic) bond motifs is 13. The van der Waals surface area contributed by atoms with E-state index in [1.807, 2.05) is 82.9 Å². The number of para-hydroxylation sites is 4. The summed E-state index contributed by atoms with van der Waals surface area (Å²) in [6.07, 6.45) is 2.50. The molecule has 460 valence electrons. The maximum absolute atomic E-state index is 9.76. The van der Waals surface area contributed by atoms with Crippen molar-refractivity contribution in [2.24, 2.45) is 0 Å². The van der Waals surface area contributed by atoms with Crippen LogP contribution in [0.15, 0.2) is 243 Å². The molecule has 0 bridgehead atoms. The number of nitrogens with zero attached hydrogens (tertiary/aromatic N) is 4. The number of hydrogen-bond acceptors (Lipinski definition) is 4. The van der Waals surface area contributed by atoms with Gasteiger partial charge in [-0.2, -0.15) is 12.1 Å². The summed E-state index contributed by atoms with van der Waals surface area (Å²) in [5.74, 6) is 0.537. The summed E-state index contributed by atoms with van der Waals surface area (Å²) in [6.45, 7) is 19.6. The SMILES string of the molecule is [2H]c1c(Oc2[c-]c3c(cc2)c2ccccc2n3-c2cc(C([2H])([2H])[2H])c(-c3cccc(C(C)(C)C)c3)cn2)[c-]c(N2[CH-]N(c3c(-c4cc(C(C)(C)C)cc(C(C)(C)C)c4)cccc3-c3ccc4c(c3)C3(c5ccccc5Cc5ccccc53)c3ccccc3-4)c3ccccc32)c([2H])c1[2H].[Pt]. The van der Waals surface area contributed by atoms with Crippen molar-refractivity contribution >= 4 is 44.6 Å². The standard InChI is InChI=1S/C87H73N4O.Pt/c1-55-44-82(88-53-73(55)56-26-21-27-61(46-56)84(2,3)4)91-78-37-18-14-31-71(78)72-43-41-66(52-81(72)91)92-65-29-22-28-64(51-65)89-54-90(80-39-20-19-38-79(80)89)83-67(32-23-33-68(83)60-47-62(85(5,6)7)50-63(48-60)86(8,9)10)57-40-42-70-69-30-13-17-36-76(69)87(77(70)49-57)74-34-15-11-24-58(74)45-59-25-12-16-35-75(59)87;/h11-44,46-50,53-54H,45H2,1-10H3;/q-3;/i1D3,22D,28D,29D;. The van der Waals surface area contributed by atoms with Crippen LogP contribution in [0.1, 0.15) is 126 Å². The monoisotopic (exact) mass is 1390 g/mol. The number of aromatic nitrogens is 2. The minimum atomic E-state index is -2.49. The second-order valence-corrected chi connectivity index (χ2v) is 28.0. The predicted octanol–water partition coefficient (Wildman–Crippen LogP) is 22.4. The Hall–Kier alpha value is -9.54. The average Bonchev–Trinajstić information content (AvgIpc) is 1.55. The van der Waals surface area contributed by atoms with E-state index in [4.69, 9.17) is 13.8 Å². The van der Waals surface area contributed by atoms with Crippen LogP contribution in [0.3, 0.4) is 0 Å². The number of pyridine rings is 1. The van der Waals surface area contributed by atoms with Crippen LogP contribution in [0, 0.1) is 25.7 Å². The summed E-state index contributed by atoms with van der Waals surface area (Å²) in [5, 5.41) is 1.72. The van der Waals surface area contributed by atoms with E-state index in [2.05, 4.69) is 219 Å². The van der Waals surface area contributed by atoms with E-state index in [-0.39, 0.29) is 78.2 Å². The third-order valence-electron chi connectivity index (χ3n) is 19.2. The predicted molar refractivity (Wildman–Crippen MR) is 381 cm³/mol. The molecule has 1 spiro atoms. The fourth-order valence-corrected chi connectivity index (χ4v) is 14.6. The normalized spacial score (nSPS) is 14.8. The van der Waals surface area contributed by atoms with Crippen molar-refractivity contribution < 1.29 is 34.0 Å². The van der Waals surface area contributed by atoms with Gasteiger partial charge in [-0.3, -0.25) is 0 Å². The molecular weight excluding hydrogens is 1310 g/mol. The third-order valence-corrected chi connectivity index (χ3v) is 19.2. The van der Waals surface area contributed by atoms with Gasteiger partial charge in [0.1, 0.15) is 5.82 Å². The summed E-state index contributed by atoms with van der Waals surface area (Å²) in [5.41, 5.74) is 22.2. The summed E-state index contributed by atoms with van der Waals surface area (Å²) in [6, 6.07) is 83.1. The van der Waals surface area contributed by atoms with Gasteiger partial charge in [-0.25, -0.2) is 4.98 Å². The van der Waals surface area contributed by atoms with Gasteiger partial charge in [0.2, 0.25) is 0 Å².